The van der Waals surface area contributed by atoms with E-state index in [2.05, 4.69) is 93.6 Å². The molecule has 8 rings (SSSR count). The van der Waals surface area contributed by atoms with Crippen molar-refractivity contribution in [3.05, 3.63) is 222 Å². The van der Waals surface area contributed by atoms with Gasteiger partial charge in [0.1, 0.15) is 31.1 Å². The zero-order valence-corrected chi connectivity index (χ0v) is 41.5. The van der Waals surface area contributed by atoms with Crippen LogP contribution in [0.3, 0.4) is 0 Å². The first kappa shape index (κ1) is 55.3. The average molecular weight is 1040 g/mol. The Morgan fingerprint density at radius 2 is 0.743 bits per heavy atom. The van der Waals surface area contributed by atoms with Crippen LogP contribution in [0.15, 0.2) is 228 Å². The molecular weight excluding hydrogens is 991 g/mol. The predicted molar refractivity (Wildman–Crippen MR) is 260 cm³/mol. The van der Waals surface area contributed by atoms with Gasteiger partial charge in [-0.1, -0.05) is 126 Å². The second-order valence-electron chi connectivity index (χ2n) is 15.9. The summed E-state index contributed by atoms with van der Waals surface area (Å²) in [5.41, 5.74) is 5.96. The van der Waals surface area contributed by atoms with E-state index in [1.54, 1.807) is 36.4 Å². The largest absolute Gasteiger partial charge is 0.744 e. The number of aryl methyl sites for hydroxylation is 5. The standard InChI is InChI=1S/C21H21S.C18H13F6OS.2C7H8O3S/c1-16-14-17(2)21(18(3)15-16)22(19-10-6-4-7-11-19)20-12-8-5-9-13-20;19-15(25)11-12-16(20,18(23,24)17(15,21)22)26(13-7-3-1-4-8-13)14-9-5-2-6-10-14;2*1-6-2-4-7(5-3-6)11(8,9)10/h4-15H,1-3H3;1-12,25H;2*2-5H,1H3,(H,8,9,10)/q2*+1;;/p-2. The first-order chi connectivity index (χ1) is 32.7. The third kappa shape index (κ3) is 13.0. The van der Waals surface area contributed by atoms with E-state index in [4.69, 9.17) is 5.11 Å². The molecule has 0 amide bonds. The van der Waals surface area contributed by atoms with E-state index in [-0.39, 0.29) is 42.6 Å². The summed E-state index contributed by atoms with van der Waals surface area (Å²) in [5.74, 6) is -15.8. The van der Waals surface area contributed by atoms with Crippen molar-refractivity contribution in [1.82, 2.24) is 0 Å². The van der Waals surface area contributed by atoms with Gasteiger partial charge in [-0.15, -0.1) is 0 Å². The van der Waals surface area contributed by atoms with Gasteiger partial charge in [0, 0.05) is 17.2 Å². The number of hydrogen-bond acceptors (Lipinski definition) is 7. The molecule has 0 saturated heterocycles. The molecule has 2 atom stereocenters. The van der Waals surface area contributed by atoms with Gasteiger partial charge < -0.3 is 14.2 Å². The summed E-state index contributed by atoms with van der Waals surface area (Å²) in [4.78, 5) is 3.93. The molecule has 0 aliphatic heterocycles. The molecule has 0 spiro atoms. The maximum atomic E-state index is 15.6. The summed E-state index contributed by atoms with van der Waals surface area (Å²) in [6.45, 7) is 10.3. The normalized spacial score (nSPS) is 18.1. The van der Waals surface area contributed by atoms with E-state index in [9.17, 15) is 47.9 Å². The van der Waals surface area contributed by atoms with Gasteiger partial charge in [0.2, 0.25) is 0 Å². The molecule has 17 heteroatoms. The summed E-state index contributed by atoms with van der Waals surface area (Å²) in [6.07, 6.45) is -0.232. The molecule has 0 heterocycles. The van der Waals surface area contributed by atoms with Crippen LogP contribution in [0.2, 0.25) is 0 Å². The van der Waals surface area contributed by atoms with Crippen LogP contribution in [0.4, 0.5) is 26.3 Å². The Kier molecular flexibility index (Phi) is 17.9. The molecule has 0 fully saturated rings. The number of benzene rings is 7. The Balaban J connectivity index is 0.000000186. The van der Waals surface area contributed by atoms with Crippen LogP contribution in [0, 0.1) is 34.6 Å². The van der Waals surface area contributed by atoms with Crippen molar-refractivity contribution in [3.8, 4) is 0 Å². The molecule has 2 unspecified atom stereocenters. The number of rotatable bonds is 8. The quantitative estimate of drug-likeness (QED) is 0.0693. The highest BCUT2D eigenvalue weighted by molar-refractivity contribution is 7.98. The molecule has 0 aromatic heterocycles. The first-order valence-corrected chi connectivity index (χ1v) is 26.4. The molecule has 0 bridgehead atoms. The summed E-state index contributed by atoms with van der Waals surface area (Å²) in [6, 6.07) is 52.1. The zero-order chi connectivity index (χ0) is 51.7. The molecule has 7 aromatic rings. The highest BCUT2D eigenvalue weighted by atomic mass is 32.2. The third-order valence-electron chi connectivity index (χ3n) is 10.4. The number of aliphatic hydroxyl groups is 1. The van der Waals surface area contributed by atoms with Crippen LogP contribution in [0.1, 0.15) is 27.8 Å². The van der Waals surface area contributed by atoms with Crippen LogP contribution < -0.4 is 0 Å². The van der Waals surface area contributed by atoms with Gasteiger partial charge in [0.25, 0.3) is 5.85 Å². The monoisotopic (exact) mass is 1040 g/mol. The van der Waals surface area contributed by atoms with Crippen molar-refractivity contribution in [2.75, 3.05) is 0 Å². The molecule has 1 aliphatic carbocycles. The van der Waals surface area contributed by atoms with Gasteiger partial charge in [-0.05, 0) is 113 Å². The van der Waals surface area contributed by atoms with Gasteiger partial charge in [0.05, 0.1) is 20.7 Å². The Morgan fingerprint density at radius 1 is 0.429 bits per heavy atom. The molecule has 70 heavy (non-hydrogen) atoms. The molecule has 1 aliphatic rings. The van der Waals surface area contributed by atoms with Crippen LogP contribution in [0.5, 0.6) is 0 Å². The summed E-state index contributed by atoms with van der Waals surface area (Å²) in [7, 11) is -10.8. The minimum atomic E-state index is -5.65. The van der Waals surface area contributed by atoms with Crippen LogP contribution >= 0.6 is 0 Å². The van der Waals surface area contributed by atoms with Crippen LogP contribution in [-0.4, -0.2) is 53.7 Å². The van der Waals surface area contributed by atoms with E-state index >= 15 is 4.39 Å². The molecule has 7 nitrogen and oxygen atoms in total. The zero-order valence-electron chi connectivity index (χ0n) is 38.3. The van der Waals surface area contributed by atoms with Crippen molar-refractivity contribution in [2.45, 2.75) is 91.6 Å². The van der Waals surface area contributed by atoms with Crippen LogP contribution in [0.25, 0.3) is 0 Å². The Labute approximate surface area is 410 Å². The van der Waals surface area contributed by atoms with Crippen molar-refractivity contribution in [3.63, 3.8) is 0 Å². The molecular formula is C53H48F6O7S4. The Bertz CT molecular complexity index is 2900. The Hall–Kier alpha value is -5.66. The van der Waals surface area contributed by atoms with E-state index in [1.807, 2.05) is 13.8 Å². The lowest BCUT2D eigenvalue weighted by Gasteiger charge is -2.41. The maximum absolute atomic E-state index is 15.6. The van der Waals surface area contributed by atoms with E-state index in [0.717, 1.165) is 11.1 Å². The number of hydrogen-bond donors (Lipinski definition) is 1. The van der Waals surface area contributed by atoms with Gasteiger partial charge in [-0.2, -0.15) is 22.0 Å². The fourth-order valence-corrected chi connectivity index (χ4v) is 12.7. The molecule has 7 aromatic carbocycles. The number of alkyl halides is 6. The van der Waals surface area contributed by atoms with Crippen molar-refractivity contribution in [2.24, 2.45) is 0 Å². The molecule has 1 N–H and O–H groups in total. The second kappa shape index (κ2) is 22.6. The SMILES string of the molecule is Cc1cc(C)c([S+](c2ccccc2)c2ccccc2)c(C)c1.Cc1ccc(S(=O)(=O)[O-])cc1.Cc1ccc(S(=O)(=O)[O-])cc1.OC1(F)C=CC(F)([S+](c2ccccc2)c2ccccc2)C(F)(F)C1(F)F. The fraction of sp³-hybridized carbons (Fsp3) is 0.170. The van der Waals surface area contributed by atoms with E-state index < -0.39 is 53.8 Å². The van der Waals surface area contributed by atoms with Crippen molar-refractivity contribution in [1.29, 1.82) is 0 Å². The predicted octanol–water partition coefficient (Wildman–Crippen LogP) is 12.4. The smallest absolute Gasteiger partial charge is 0.399 e. The second-order valence-corrected chi connectivity index (χ2v) is 22.8. The topological polar surface area (TPSA) is 135 Å². The number of halogens is 6. The molecule has 368 valence electrons. The highest BCUT2D eigenvalue weighted by Gasteiger charge is 2.85. The minimum absolute atomic E-state index is 0.00746. The lowest BCUT2D eigenvalue weighted by molar-refractivity contribution is -0.337. The first-order valence-electron chi connectivity index (χ1n) is 21.1. The highest BCUT2D eigenvalue weighted by Crippen LogP contribution is 2.59. The van der Waals surface area contributed by atoms with Gasteiger partial charge in [-0.3, -0.25) is 0 Å². The maximum Gasteiger partial charge on any atom is 0.399 e. The van der Waals surface area contributed by atoms with Gasteiger partial charge in [-0.25, -0.2) is 21.2 Å². The van der Waals surface area contributed by atoms with Crippen molar-refractivity contribution < 1.29 is 57.4 Å². The average Bonchev–Trinajstić information content (AvgIpc) is 3.31. The van der Waals surface area contributed by atoms with E-state index in [0.29, 0.717) is 0 Å². The third-order valence-corrected chi connectivity index (χ3v) is 17.1. The van der Waals surface area contributed by atoms with Crippen molar-refractivity contribution >= 4 is 42.0 Å². The molecule has 0 saturated carbocycles. The molecule has 0 radical (unpaired) electrons. The summed E-state index contributed by atoms with van der Waals surface area (Å²) >= 11 is 0. The lowest BCUT2D eigenvalue weighted by Crippen LogP contribution is -2.68. The summed E-state index contributed by atoms with van der Waals surface area (Å²) in [5, 5.41) is 5.10. The minimum Gasteiger partial charge on any atom is -0.744 e. The summed E-state index contributed by atoms with van der Waals surface area (Å²) < 4.78 is 149. The van der Waals surface area contributed by atoms with Gasteiger partial charge >= 0.3 is 16.8 Å². The van der Waals surface area contributed by atoms with E-state index in [1.165, 1.54) is 104 Å². The lowest BCUT2D eigenvalue weighted by atomic mass is 9.92. The van der Waals surface area contributed by atoms with Gasteiger partial charge in [0.15, 0.2) is 24.5 Å². The Morgan fingerprint density at radius 3 is 1.06 bits per heavy atom. The fourth-order valence-electron chi connectivity index (χ4n) is 7.03. The van der Waals surface area contributed by atoms with Crippen LogP contribution in [-0.2, 0) is 42.0 Å².